The average molecular weight is 595 g/mol. The Morgan fingerprint density at radius 2 is 1.77 bits per heavy atom. The number of benzene rings is 2. The van der Waals surface area contributed by atoms with Crippen molar-refractivity contribution in [2.24, 2.45) is 17.3 Å². The van der Waals surface area contributed by atoms with Gasteiger partial charge in [0, 0.05) is 56.4 Å². The van der Waals surface area contributed by atoms with Crippen LogP contribution in [0.3, 0.4) is 0 Å². The van der Waals surface area contributed by atoms with Crippen molar-refractivity contribution in [1.82, 2.24) is 14.1 Å². The van der Waals surface area contributed by atoms with Crippen molar-refractivity contribution in [2.45, 2.75) is 31.6 Å². The van der Waals surface area contributed by atoms with Crippen LogP contribution in [0, 0.1) is 23.1 Å². The van der Waals surface area contributed by atoms with Crippen LogP contribution in [-0.4, -0.2) is 74.2 Å². The quantitative estimate of drug-likeness (QED) is 0.375. The summed E-state index contributed by atoms with van der Waals surface area (Å²) >= 11 is 12.2. The van der Waals surface area contributed by atoms with E-state index in [-0.39, 0.29) is 27.1 Å². The number of carbonyl (C=O) groups excluding carboxylic acids is 1. The maximum atomic E-state index is 13.5. The van der Waals surface area contributed by atoms with Crippen LogP contribution in [0.2, 0.25) is 10.0 Å². The van der Waals surface area contributed by atoms with Crippen LogP contribution in [0.4, 0.5) is 4.39 Å². The summed E-state index contributed by atoms with van der Waals surface area (Å²) in [5.74, 6) is 0.697. The summed E-state index contributed by atoms with van der Waals surface area (Å²) in [6, 6.07) is 10.1. The molecule has 3 aliphatic carbocycles. The predicted octanol–water partition coefficient (Wildman–Crippen LogP) is 5.57. The number of nitrogens with zero attached hydrogens (tertiary/aromatic N) is 3. The lowest BCUT2D eigenvalue weighted by Gasteiger charge is -2.57. The molecule has 1 saturated heterocycles. The van der Waals surface area contributed by atoms with Crippen LogP contribution in [0.25, 0.3) is 0 Å². The molecule has 1 heterocycles. The van der Waals surface area contributed by atoms with Gasteiger partial charge >= 0.3 is 0 Å². The predicted molar refractivity (Wildman–Crippen MR) is 152 cm³/mol. The van der Waals surface area contributed by atoms with E-state index in [1.807, 2.05) is 4.90 Å². The van der Waals surface area contributed by atoms with Gasteiger partial charge in [-0.3, -0.25) is 9.69 Å². The second kappa shape index (κ2) is 11.1. The van der Waals surface area contributed by atoms with E-state index in [0.717, 1.165) is 6.42 Å². The maximum Gasteiger partial charge on any atom is 0.254 e. The van der Waals surface area contributed by atoms with Gasteiger partial charge in [0.15, 0.2) is 0 Å². The molecule has 1 aliphatic heterocycles. The highest BCUT2D eigenvalue weighted by atomic mass is 35.5. The number of fused-ring (bicyclic) bond motifs is 1. The van der Waals surface area contributed by atoms with E-state index in [1.54, 1.807) is 6.07 Å². The molecular formula is C29H34Cl2FN3O3S. The van der Waals surface area contributed by atoms with Crippen molar-refractivity contribution in [3.05, 3.63) is 75.5 Å². The lowest BCUT2D eigenvalue weighted by atomic mass is 9.49. The summed E-state index contributed by atoms with van der Waals surface area (Å²) in [6.07, 6.45) is 4.52. The third-order valence-electron chi connectivity index (χ3n) is 8.86. The molecule has 2 aromatic carbocycles. The fraction of sp³-hybridized carbons (Fsp3) is 0.483. The molecule has 0 spiro atoms. The van der Waals surface area contributed by atoms with E-state index < -0.39 is 10.0 Å². The Hall–Kier alpha value is -1.97. The zero-order chi connectivity index (χ0) is 27.9. The molecule has 2 atom stereocenters. The van der Waals surface area contributed by atoms with Crippen molar-refractivity contribution < 1.29 is 17.6 Å². The lowest BCUT2D eigenvalue weighted by molar-refractivity contribution is -0.0105. The lowest BCUT2D eigenvalue weighted by Crippen LogP contribution is -2.52. The minimum atomic E-state index is -3.77. The summed E-state index contributed by atoms with van der Waals surface area (Å²) in [5, 5.41) is 0.464. The van der Waals surface area contributed by atoms with Gasteiger partial charge < -0.3 is 4.90 Å². The second-order valence-electron chi connectivity index (χ2n) is 11.4. The Bertz CT molecular complexity index is 1370. The van der Waals surface area contributed by atoms with Gasteiger partial charge in [-0.15, -0.1) is 0 Å². The first-order valence-corrected chi connectivity index (χ1v) is 15.6. The molecule has 6 rings (SSSR count). The van der Waals surface area contributed by atoms with Crippen LogP contribution in [-0.2, 0) is 10.0 Å². The van der Waals surface area contributed by atoms with Crippen molar-refractivity contribution in [1.29, 1.82) is 0 Å². The molecule has 10 heteroatoms. The van der Waals surface area contributed by atoms with Crippen LogP contribution in [0.15, 0.2) is 59.0 Å². The van der Waals surface area contributed by atoms with Gasteiger partial charge in [0.05, 0.1) is 5.02 Å². The molecule has 1 amide bonds. The molecule has 1 saturated carbocycles. The number of halogens is 3. The van der Waals surface area contributed by atoms with Gasteiger partial charge in [0.2, 0.25) is 10.0 Å². The minimum Gasteiger partial charge on any atom is -0.333 e. The number of allylic oxidation sites excluding steroid dienone is 1. The topological polar surface area (TPSA) is 60.9 Å². The zero-order valence-electron chi connectivity index (χ0n) is 22.2. The Morgan fingerprint density at radius 3 is 2.41 bits per heavy atom. The average Bonchev–Trinajstić information content (AvgIpc) is 2.92. The van der Waals surface area contributed by atoms with E-state index >= 15 is 0 Å². The Kier molecular flexibility index (Phi) is 8.15. The van der Waals surface area contributed by atoms with E-state index in [1.165, 1.54) is 52.7 Å². The molecule has 0 radical (unpaired) electrons. The first-order valence-electron chi connectivity index (χ1n) is 13.4. The Balaban J connectivity index is 1.25. The van der Waals surface area contributed by atoms with Gasteiger partial charge in [-0.05, 0) is 72.6 Å². The van der Waals surface area contributed by atoms with E-state index in [9.17, 15) is 17.6 Å². The summed E-state index contributed by atoms with van der Waals surface area (Å²) in [7, 11) is -3.77. The van der Waals surface area contributed by atoms with Crippen molar-refractivity contribution >= 4 is 39.1 Å². The molecule has 2 aromatic rings. The molecule has 2 bridgehead atoms. The number of rotatable bonds is 8. The number of sulfonamides is 1. The monoisotopic (exact) mass is 593 g/mol. The van der Waals surface area contributed by atoms with Crippen molar-refractivity contribution in [2.75, 3.05) is 45.8 Å². The number of hydrogen-bond acceptors (Lipinski definition) is 4. The highest BCUT2D eigenvalue weighted by molar-refractivity contribution is 7.89. The van der Waals surface area contributed by atoms with Gasteiger partial charge in [0.1, 0.15) is 10.7 Å². The highest BCUT2D eigenvalue weighted by Crippen LogP contribution is 2.59. The molecule has 2 fully saturated rings. The number of carbonyl (C=O) groups is 1. The van der Waals surface area contributed by atoms with E-state index in [2.05, 4.69) is 24.8 Å². The first-order chi connectivity index (χ1) is 18.5. The molecule has 0 N–H and O–H groups in total. The molecule has 0 aromatic heterocycles. The van der Waals surface area contributed by atoms with Crippen LogP contribution >= 0.6 is 23.2 Å². The van der Waals surface area contributed by atoms with Crippen molar-refractivity contribution in [3.8, 4) is 0 Å². The summed E-state index contributed by atoms with van der Waals surface area (Å²) in [5.41, 5.74) is 2.03. The normalized spacial score (nSPS) is 23.2. The highest BCUT2D eigenvalue weighted by Gasteiger charge is 2.51. The molecule has 4 aliphatic rings. The number of piperazine rings is 1. The third kappa shape index (κ3) is 5.77. The zero-order valence-corrected chi connectivity index (χ0v) is 24.6. The summed E-state index contributed by atoms with van der Waals surface area (Å²) in [4.78, 5) is 17.6. The molecule has 39 heavy (non-hydrogen) atoms. The van der Waals surface area contributed by atoms with Crippen LogP contribution in [0.1, 0.15) is 37.0 Å². The minimum absolute atomic E-state index is 0.0168. The Morgan fingerprint density at radius 1 is 1.08 bits per heavy atom. The smallest absolute Gasteiger partial charge is 0.254 e. The van der Waals surface area contributed by atoms with Crippen molar-refractivity contribution in [3.63, 3.8) is 0 Å². The van der Waals surface area contributed by atoms with Gasteiger partial charge in [-0.25, -0.2) is 12.8 Å². The fourth-order valence-corrected chi connectivity index (χ4v) is 8.33. The Labute approximate surface area is 240 Å². The first kappa shape index (κ1) is 28.6. The summed E-state index contributed by atoms with van der Waals surface area (Å²) in [6.45, 7) is 8.01. The largest absolute Gasteiger partial charge is 0.333 e. The van der Waals surface area contributed by atoms with Gasteiger partial charge in [-0.2, -0.15) is 4.31 Å². The van der Waals surface area contributed by atoms with Crippen LogP contribution in [0.5, 0.6) is 0 Å². The standard InChI is InChI=1S/C29H34Cl2FN3O3S/c1-29(2)22-6-3-21(25(29)17-22)19-34(28(36)20-4-8-24(32)9-5-20)14-11-33-12-15-35(16-13-33)39(37,38)27-18-23(30)7-10-26(27)31/h3-5,7-10,18,22,25H,6,11-17,19H2,1-2H3. The molecule has 210 valence electrons. The SMILES string of the molecule is CC1(C)C2CC=C(CN(CCN3CCN(S(=O)(=O)c4cc(Cl)ccc4Cl)CC3)C(=O)c3ccc(F)cc3)C1C2. The number of hydrogen-bond donors (Lipinski definition) is 0. The van der Waals surface area contributed by atoms with Gasteiger partial charge in [-0.1, -0.05) is 48.7 Å². The second-order valence-corrected chi connectivity index (χ2v) is 14.1. The fourth-order valence-electron chi connectivity index (χ4n) is 6.17. The molecule has 6 nitrogen and oxygen atoms in total. The molecular weight excluding hydrogens is 560 g/mol. The van der Waals surface area contributed by atoms with Gasteiger partial charge in [0.25, 0.3) is 5.91 Å². The van der Waals surface area contributed by atoms with E-state index in [0.29, 0.717) is 68.2 Å². The molecule has 2 unspecified atom stereocenters. The summed E-state index contributed by atoms with van der Waals surface area (Å²) < 4.78 is 41.3. The van der Waals surface area contributed by atoms with Crippen LogP contribution < -0.4 is 0 Å². The van der Waals surface area contributed by atoms with E-state index in [4.69, 9.17) is 23.2 Å². The number of amides is 1. The maximum absolute atomic E-state index is 13.5. The third-order valence-corrected chi connectivity index (χ3v) is 11.5.